The Morgan fingerprint density at radius 1 is 1.71 bits per heavy atom. The van der Waals surface area contributed by atoms with Gasteiger partial charge in [-0.3, -0.25) is 4.79 Å². The predicted molar refractivity (Wildman–Crippen MR) is 34.0 cm³/mol. The van der Waals surface area contributed by atoms with E-state index in [9.17, 15) is 4.79 Å². The van der Waals surface area contributed by atoms with Gasteiger partial charge >= 0.3 is 5.97 Å². The molecule has 2 nitrogen and oxygen atoms in total. The zero-order chi connectivity index (χ0) is 5.86. The van der Waals surface area contributed by atoms with Crippen molar-refractivity contribution < 1.29 is 9.90 Å². The van der Waals surface area contributed by atoms with Gasteiger partial charge in [-0.1, -0.05) is 0 Å². The first-order valence-electron chi connectivity index (χ1n) is 1.71. The van der Waals surface area contributed by atoms with Crippen molar-refractivity contribution in [3.05, 3.63) is 0 Å². The molecule has 0 amide bonds. The number of carbonyl (C=O) groups is 1. The van der Waals surface area contributed by atoms with Gasteiger partial charge in [0.25, 0.3) is 0 Å². The molecule has 7 heavy (non-hydrogen) atoms. The Kier molecular flexibility index (Phi) is 3.29. The van der Waals surface area contributed by atoms with Crippen LogP contribution in [0.2, 0.25) is 0 Å². The van der Waals surface area contributed by atoms with Crippen LogP contribution in [0.4, 0.5) is 0 Å². The van der Waals surface area contributed by atoms with E-state index < -0.39 is 5.97 Å². The largest absolute Gasteiger partial charge is 0.481 e. The highest BCUT2D eigenvalue weighted by atomic mass is 32.2. The topological polar surface area (TPSA) is 37.3 Å². The summed E-state index contributed by atoms with van der Waals surface area (Å²) in [6.07, 6.45) is 0.00617. The van der Waals surface area contributed by atoms with Crippen molar-refractivity contribution in [1.29, 1.82) is 0 Å². The standard InChI is InChI=1S/C3H6O2S2/c4-2(5)1-3(6)7/h3,6-7H,1H2,(H,4,5). The van der Waals surface area contributed by atoms with Crippen LogP contribution in [0.25, 0.3) is 0 Å². The fourth-order valence-electron chi connectivity index (χ4n) is 0.156. The molecule has 1 N–H and O–H groups in total. The van der Waals surface area contributed by atoms with Crippen molar-refractivity contribution in [1.82, 2.24) is 0 Å². The second kappa shape index (κ2) is 3.21. The Labute approximate surface area is 52.7 Å². The number of carboxylic acid groups (broad SMARTS) is 1. The molecular weight excluding hydrogens is 132 g/mol. The van der Waals surface area contributed by atoms with Crippen molar-refractivity contribution in [3.63, 3.8) is 0 Å². The van der Waals surface area contributed by atoms with E-state index in [0.29, 0.717) is 0 Å². The maximum atomic E-state index is 9.71. The van der Waals surface area contributed by atoms with E-state index in [0.717, 1.165) is 0 Å². The third-order valence-electron chi connectivity index (χ3n) is 0.357. The molecule has 0 radical (unpaired) electrons. The van der Waals surface area contributed by atoms with Crippen molar-refractivity contribution >= 4 is 31.2 Å². The van der Waals surface area contributed by atoms with E-state index in [2.05, 4.69) is 25.3 Å². The number of carboxylic acids is 1. The van der Waals surface area contributed by atoms with Crippen molar-refractivity contribution in [2.45, 2.75) is 11.0 Å². The summed E-state index contributed by atoms with van der Waals surface area (Å²) in [6.45, 7) is 0. The Bertz CT molecular complexity index is 71.3. The highest BCUT2D eigenvalue weighted by Gasteiger charge is 2.00. The molecule has 0 unspecified atom stereocenters. The summed E-state index contributed by atoms with van der Waals surface area (Å²) in [6, 6.07) is 0. The number of hydrogen-bond acceptors (Lipinski definition) is 3. The zero-order valence-corrected chi connectivity index (χ0v) is 5.32. The average Bonchev–Trinajstić information content (AvgIpc) is 1.27. The molecule has 0 spiro atoms. The molecule has 0 heterocycles. The summed E-state index contributed by atoms with van der Waals surface area (Å²) in [5.74, 6) is -0.866. The molecular formula is C3H6O2S2. The summed E-state index contributed by atoms with van der Waals surface area (Å²) in [7, 11) is 0. The molecule has 0 fully saturated rings. The van der Waals surface area contributed by atoms with Gasteiger partial charge in [-0.2, -0.15) is 25.3 Å². The number of thiol groups is 2. The van der Waals surface area contributed by atoms with Gasteiger partial charge in [0, 0.05) is 0 Å². The highest BCUT2D eigenvalue weighted by molar-refractivity contribution is 7.99. The first kappa shape index (κ1) is 7.17. The smallest absolute Gasteiger partial charge is 0.305 e. The van der Waals surface area contributed by atoms with E-state index in [1.165, 1.54) is 0 Å². The van der Waals surface area contributed by atoms with E-state index >= 15 is 0 Å². The molecule has 0 atom stereocenters. The molecule has 42 valence electrons. The van der Waals surface area contributed by atoms with Gasteiger partial charge in [0.15, 0.2) is 0 Å². The maximum Gasteiger partial charge on any atom is 0.305 e. The minimum absolute atomic E-state index is 0.00617. The maximum absolute atomic E-state index is 9.71. The third-order valence-corrected chi connectivity index (χ3v) is 0.722. The Balaban J connectivity index is 3.13. The molecule has 0 aromatic carbocycles. The second-order valence-corrected chi connectivity index (χ2v) is 2.73. The molecule has 0 aromatic heterocycles. The second-order valence-electron chi connectivity index (χ2n) is 1.08. The van der Waals surface area contributed by atoms with Gasteiger partial charge in [0.05, 0.1) is 11.0 Å². The summed E-state index contributed by atoms with van der Waals surface area (Å²) in [5.41, 5.74) is 0. The normalized spacial score (nSPS) is 9.57. The quantitative estimate of drug-likeness (QED) is 0.387. The van der Waals surface area contributed by atoms with E-state index in [4.69, 9.17) is 5.11 Å². The summed E-state index contributed by atoms with van der Waals surface area (Å²) < 4.78 is -0.336. The van der Waals surface area contributed by atoms with Crippen molar-refractivity contribution in [3.8, 4) is 0 Å². The molecule has 4 heteroatoms. The Hall–Kier alpha value is 0.170. The molecule has 0 saturated heterocycles. The lowest BCUT2D eigenvalue weighted by Crippen LogP contribution is -1.99. The van der Waals surface area contributed by atoms with Crippen LogP contribution in [0.1, 0.15) is 6.42 Å². The van der Waals surface area contributed by atoms with Gasteiger partial charge in [0.2, 0.25) is 0 Å². The number of aliphatic carboxylic acids is 1. The van der Waals surface area contributed by atoms with Gasteiger partial charge in [-0.15, -0.1) is 0 Å². The molecule has 0 bridgehead atoms. The van der Waals surface area contributed by atoms with Gasteiger partial charge < -0.3 is 5.11 Å². The molecule has 0 aliphatic heterocycles. The van der Waals surface area contributed by atoms with E-state index in [-0.39, 0.29) is 11.0 Å². The molecule has 0 aromatic rings. The van der Waals surface area contributed by atoms with Crippen LogP contribution >= 0.6 is 25.3 Å². The van der Waals surface area contributed by atoms with Crippen LogP contribution in [0, 0.1) is 0 Å². The van der Waals surface area contributed by atoms with Crippen LogP contribution in [0.3, 0.4) is 0 Å². The van der Waals surface area contributed by atoms with Crippen LogP contribution in [-0.2, 0) is 4.79 Å². The first-order chi connectivity index (χ1) is 3.13. The Morgan fingerprint density at radius 2 is 2.14 bits per heavy atom. The van der Waals surface area contributed by atoms with E-state index in [1.807, 2.05) is 0 Å². The van der Waals surface area contributed by atoms with Crippen LogP contribution in [-0.4, -0.2) is 15.7 Å². The molecule has 0 rings (SSSR count). The summed E-state index contributed by atoms with van der Waals surface area (Å²) in [4.78, 5) is 9.71. The fraction of sp³-hybridized carbons (Fsp3) is 0.667. The highest BCUT2D eigenvalue weighted by Crippen LogP contribution is 2.03. The lowest BCUT2D eigenvalue weighted by atomic mass is 10.5. The Morgan fingerprint density at radius 3 is 2.14 bits per heavy atom. The fourth-order valence-corrected chi connectivity index (χ4v) is 0.469. The predicted octanol–water partition coefficient (Wildman–Crippen LogP) is 0.647. The van der Waals surface area contributed by atoms with Gasteiger partial charge in [-0.25, -0.2) is 0 Å². The third kappa shape index (κ3) is 6.17. The monoisotopic (exact) mass is 138 g/mol. The van der Waals surface area contributed by atoms with Crippen LogP contribution in [0.15, 0.2) is 0 Å². The summed E-state index contributed by atoms with van der Waals surface area (Å²) >= 11 is 7.44. The van der Waals surface area contributed by atoms with Crippen molar-refractivity contribution in [2.75, 3.05) is 0 Å². The van der Waals surface area contributed by atoms with Gasteiger partial charge in [0.1, 0.15) is 0 Å². The lowest BCUT2D eigenvalue weighted by molar-refractivity contribution is -0.136. The minimum atomic E-state index is -0.866. The SMILES string of the molecule is O=C(O)CC(S)S. The number of hydrogen-bond donors (Lipinski definition) is 3. The van der Waals surface area contributed by atoms with Crippen LogP contribution < -0.4 is 0 Å². The van der Waals surface area contributed by atoms with Crippen molar-refractivity contribution in [2.24, 2.45) is 0 Å². The molecule has 0 aliphatic rings. The molecule has 0 saturated carbocycles. The summed E-state index contributed by atoms with van der Waals surface area (Å²) in [5, 5.41) is 7.99. The number of rotatable bonds is 2. The van der Waals surface area contributed by atoms with Crippen LogP contribution in [0.5, 0.6) is 0 Å². The van der Waals surface area contributed by atoms with E-state index in [1.54, 1.807) is 0 Å². The first-order valence-corrected chi connectivity index (χ1v) is 2.74. The van der Waals surface area contributed by atoms with Gasteiger partial charge in [-0.05, 0) is 0 Å². The average molecular weight is 138 g/mol. The minimum Gasteiger partial charge on any atom is -0.481 e. The zero-order valence-electron chi connectivity index (χ0n) is 3.53. The molecule has 0 aliphatic carbocycles. The lowest BCUT2D eigenvalue weighted by Gasteiger charge is -1.92.